The van der Waals surface area contributed by atoms with Gasteiger partial charge in [0.05, 0.1) is 5.69 Å². The van der Waals surface area contributed by atoms with E-state index in [1.54, 1.807) is 18.2 Å². The zero-order valence-electron chi connectivity index (χ0n) is 10.4. The zero-order valence-corrected chi connectivity index (χ0v) is 12.0. The minimum absolute atomic E-state index is 0.185. The number of anilines is 2. The van der Waals surface area contributed by atoms with E-state index in [1.807, 2.05) is 6.07 Å². The predicted molar refractivity (Wildman–Crippen MR) is 78.1 cm³/mol. The number of nitrogen functional groups attached to an aromatic ring is 1. The van der Waals surface area contributed by atoms with Gasteiger partial charge in [-0.05, 0) is 30.7 Å². The highest BCUT2D eigenvalue weighted by Crippen LogP contribution is 2.37. The Bertz CT molecular complexity index is 818. The molecule has 0 bridgehead atoms. The Morgan fingerprint density at radius 2 is 2.10 bits per heavy atom. The summed E-state index contributed by atoms with van der Waals surface area (Å²) in [5, 5.41) is 8.81. The van der Waals surface area contributed by atoms with E-state index >= 15 is 0 Å². The number of hydrogen-bond acceptors (Lipinski definition) is 5. The number of benzene rings is 1. The maximum absolute atomic E-state index is 12.6. The van der Waals surface area contributed by atoms with E-state index in [2.05, 4.69) is 0 Å². The molecular weight excluding hydrogens is 294 g/mol. The molecule has 5 nitrogen and oxygen atoms in total. The van der Waals surface area contributed by atoms with E-state index in [0.29, 0.717) is 29.2 Å². The third-order valence-electron chi connectivity index (χ3n) is 3.26. The Kier molecular flexibility index (Phi) is 2.92. The fourth-order valence-corrected chi connectivity index (χ4v) is 5.02. The average Bonchev–Trinajstić information content (AvgIpc) is 3.06. The molecule has 7 heteroatoms. The second-order valence-corrected chi connectivity index (χ2v) is 7.58. The summed E-state index contributed by atoms with van der Waals surface area (Å²) in [6.45, 7) is 0.381. The lowest BCUT2D eigenvalue weighted by molar-refractivity contribution is 0.594. The smallest absolute Gasteiger partial charge is 0.273 e. The lowest BCUT2D eigenvalue weighted by atomic mass is 10.1. The third kappa shape index (κ3) is 1.85. The van der Waals surface area contributed by atoms with E-state index < -0.39 is 10.0 Å². The van der Waals surface area contributed by atoms with Gasteiger partial charge in [-0.1, -0.05) is 6.07 Å². The van der Waals surface area contributed by atoms with Crippen molar-refractivity contribution in [3.05, 3.63) is 40.8 Å². The first-order chi connectivity index (χ1) is 9.54. The van der Waals surface area contributed by atoms with Gasteiger partial charge >= 0.3 is 0 Å². The number of hydrogen-bond donors (Lipinski definition) is 1. The summed E-state index contributed by atoms with van der Waals surface area (Å²) in [4.78, 5) is 0.385. The molecule has 0 amide bonds. The molecule has 0 saturated carbocycles. The van der Waals surface area contributed by atoms with Gasteiger partial charge in [-0.3, -0.25) is 4.31 Å². The first-order valence-electron chi connectivity index (χ1n) is 5.94. The minimum atomic E-state index is -3.61. The Labute approximate surface area is 120 Å². The molecule has 1 aromatic carbocycles. The van der Waals surface area contributed by atoms with Gasteiger partial charge in [0, 0.05) is 17.8 Å². The third-order valence-corrected chi connectivity index (χ3v) is 6.53. The first kappa shape index (κ1) is 13.0. The van der Waals surface area contributed by atoms with Crippen LogP contribution in [0.15, 0.2) is 34.5 Å². The Balaban J connectivity index is 2.07. The molecule has 1 aliphatic rings. The number of thiophene rings is 1. The zero-order chi connectivity index (χ0) is 14.3. The number of sulfonamides is 1. The van der Waals surface area contributed by atoms with Crippen molar-refractivity contribution in [2.75, 3.05) is 16.6 Å². The van der Waals surface area contributed by atoms with E-state index in [-0.39, 0.29) is 4.21 Å². The summed E-state index contributed by atoms with van der Waals surface area (Å²) < 4.78 is 26.8. The van der Waals surface area contributed by atoms with Crippen LogP contribution < -0.4 is 10.0 Å². The van der Waals surface area contributed by atoms with Gasteiger partial charge in [0.25, 0.3) is 10.0 Å². The largest absolute Gasteiger partial charge is 0.398 e. The molecule has 0 radical (unpaired) electrons. The number of rotatable bonds is 2. The summed E-state index contributed by atoms with van der Waals surface area (Å²) >= 11 is 0.984. The Morgan fingerprint density at radius 3 is 2.80 bits per heavy atom. The van der Waals surface area contributed by atoms with Crippen molar-refractivity contribution in [3.63, 3.8) is 0 Å². The van der Waals surface area contributed by atoms with Crippen molar-refractivity contribution >= 4 is 32.7 Å². The summed E-state index contributed by atoms with van der Waals surface area (Å²) in [6.07, 6.45) is 0.609. The molecule has 0 aliphatic carbocycles. The SMILES string of the molecule is N#Cc1ccc(S(=O)(=O)N2CCc3c(N)cccc32)s1. The second kappa shape index (κ2) is 4.51. The molecule has 0 fully saturated rings. The molecular formula is C13H11N3O2S2. The molecule has 0 spiro atoms. The normalized spacial score (nSPS) is 14.1. The van der Waals surface area contributed by atoms with Crippen LogP contribution in [-0.2, 0) is 16.4 Å². The van der Waals surface area contributed by atoms with Crippen LogP contribution in [0.2, 0.25) is 0 Å². The van der Waals surface area contributed by atoms with Crippen molar-refractivity contribution in [1.82, 2.24) is 0 Å². The molecule has 1 aliphatic heterocycles. The summed E-state index contributed by atoms with van der Waals surface area (Å²) in [5.41, 5.74) is 8.00. The molecule has 1 aromatic heterocycles. The predicted octanol–water partition coefficient (Wildman–Crippen LogP) is 1.95. The van der Waals surface area contributed by atoms with Crippen LogP contribution in [0.25, 0.3) is 0 Å². The van der Waals surface area contributed by atoms with Crippen LogP contribution >= 0.6 is 11.3 Å². The van der Waals surface area contributed by atoms with Gasteiger partial charge in [-0.15, -0.1) is 11.3 Å². The van der Waals surface area contributed by atoms with E-state index in [0.717, 1.165) is 16.9 Å². The standard InChI is InChI=1S/C13H11N3O2S2/c14-8-9-4-5-13(19-9)20(17,18)16-7-6-10-11(15)2-1-3-12(10)16/h1-5H,6-7,15H2. The summed E-state index contributed by atoms with van der Waals surface area (Å²) in [7, 11) is -3.61. The number of nitriles is 1. The van der Waals surface area contributed by atoms with Gasteiger partial charge in [0.1, 0.15) is 15.2 Å². The molecule has 2 heterocycles. The lowest BCUT2D eigenvalue weighted by Crippen LogP contribution is -2.28. The fraction of sp³-hybridized carbons (Fsp3) is 0.154. The molecule has 20 heavy (non-hydrogen) atoms. The molecule has 2 N–H and O–H groups in total. The monoisotopic (exact) mass is 305 g/mol. The van der Waals surface area contributed by atoms with Crippen molar-refractivity contribution < 1.29 is 8.42 Å². The van der Waals surface area contributed by atoms with Gasteiger partial charge in [-0.25, -0.2) is 8.42 Å². The van der Waals surface area contributed by atoms with Crippen molar-refractivity contribution in [3.8, 4) is 6.07 Å². The molecule has 0 unspecified atom stereocenters. The van der Waals surface area contributed by atoms with Gasteiger partial charge in [-0.2, -0.15) is 5.26 Å². The lowest BCUT2D eigenvalue weighted by Gasteiger charge is -2.18. The average molecular weight is 305 g/mol. The molecule has 2 aromatic rings. The van der Waals surface area contributed by atoms with Gasteiger partial charge < -0.3 is 5.73 Å². The number of nitrogens with zero attached hydrogens (tertiary/aromatic N) is 2. The van der Waals surface area contributed by atoms with Gasteiger partial charge in [0.2, 0.25) is 0 Å². The summed E-state index contributed by atoms with van der Waals surface area (Å²) in [5.74, 6) is 0. The molecule has 102 valence electrons. The van der Waals surface area contributed by atoms with E-state index in [1.165, 1.54) is 16.4 Å². The van der Waals surface area contributed by atoms with Crippen LogP contribution in [0.4, 0.5) is 11.4 Å². The van der Waals surface area contributed by atoms with Crippen LogP contribution in [-0.4, -0.2) is 15.0 Å². The van der Waals surface area contributed by atoms with Gasteiger partial charge in [0.15, 0.2) is 0 Å². The molecule has 3 rings (SSSR count). The molecule has 0 atom stereocenters. The van der Waals surface area contributed by atoms with Crippen molar-refractivity contribution in [2.45, 2.75) is 10.6 Å². The number of nitrogens with two attached hydrogens (primary N) is 1. The van der Waals surface area contributed by atoms with Crippen molar-refractivity contribution in [1.29, 1.82) is 5.26 Å². The summed E-state index contributed by atoms with van der Waals surface area (Å²) in [6, 6.07) is 10.2. The van der Waals surface area contributed by atoms with Crippen LogP contribution in [0.1, 0.15) is 10.4 Å². The van der Waals surface area contributed by atoms with E-state index in [4.69, 9.17) is 11.0 Å². The Morgan fingerprint density at radius 1 is 1.30 bits per heavy atom. The second-order valence-electron chi connectivity index (χ2n) is 4.40. The quantitative estimate of drug-likeness (QED) is 0.859. The maximum atomic E-state index is 12.6. The highest BCUT2D eigenvalue weighted by atomic mass is 32.2. The highest BCUT2D eigenvalue weighted by Gasteiger charge is 2.32. The number of fused-ring (bicyclic) bond motifs is 1. The van der Waals surface area contributed by atoms with Crippen molar-refractivity contribution in [2.24, 2.45) is 0 Å². The first-order valence-corrected chi connectivity index (χ1v) is 8.20. The van der Waals surface area contributed by atoms with E-state index in [9.17, 15) is 8.42 Å². The topological polar surface area (TPSA) is 87.2 Å². The minimum Gasteiger partial charge on any atom is -0.398 e. The Hall–Kier alpha value is -2.04. The molecule has 0 saturated heterocycles. The van der Waals surface area contributed by atoms with Crippen LogP contribution in [0, 0.1) is 11.3 Å². The van der Waals surface area contributed by atoms with Crippen LogP contribution in [0.5, 0.6) is 0 Å². The van der Waals surface area contributed by atoms with Crippen LogP contribution in [0.3, 0.4) is 0 Å². The highest BCUT2D eigenvalue weighted by molar-refractivity contribution is 7.94. The maximum Gasteiger partial charge on any atom is 0.273 e. The fourth-order valence-electron chi connectivity index (χ4n) is 2.31.